The summed E-state index contributed by atoms with van der Waals surface area (Å²) in [5, 5.41) is 13.2. The number of hydrogen-bond acceptors (Lipinski definition) is 3. The van der Waals surface area contributed by atoms with E-state index in [1.165, 1.54) is 12.8 Å². The van der Waals surface area contributed by atoms with E-state index < -0.39 is 11.5 Å². The Bertz CT molecular complexity index is 372. The van der Waals surface area contributed by atoms with Crippen molar-refractivity contribution in [3.8, 4) is 0 Å². The van der Waals surface area contributed by atoms with Crippen LogP contribution in [0.2, 0.25) is 0 Å². The van der Waals surface area contributed by atoms with E-state index in [0.717, 1.165) is 38.1 Å². The summed E-state index contributed by atoms with van der Waals surface area (Å²) in [6.45, 7) is 9.86. The third kappa shape index (κ3) is 3.59. The number of aliphatic carboxylic acids is 1. The molecule has 0 amide bonds. The molecule has 0 aromatic carbocycles. The van der Waals surface area contributed by atoms with Gasteiger partial charge in [0.05, 0.1) is 0 Å². The fourth-order valence-electron chi connectivity index (χ4n) is 4.35. The van der Waals surface area contributed by atoms with Gasteiger partial charge >= 0.3 is 5.97 Å². The first kappa shape index (κ1) is 16.8. The molecule has 0 radical (unpaired) electrons. The Morgan fingerprint density at radius 2 is 2.00 bits per heavy atom. The lowest BCUT2D eigenvalue weighted by molar-refractivity contribution is -0.148. The lowest BCUT2D eigenvalue weighted by Gasteiger charge is -2.48. The van der Waals surface area contributed by atoms with Gasteiger partial charge in [-0.1, -0.05) is 6.92 Å². The minimum Gasteiger partial charge on any atom is -0.480 e. The van der Waals surface area contributed by atoms with Crippen molar-refractivity contribution in [2.75, 3.05) is 6.54 Å². The van der Waals surface area contributed by atoms with Crippen LogP contribution in [0.1, 0.15) is 66.2 Å². The predicted molar refractivity (Wildman–Crippen MR) is 85.5 cm³/mol. The van der Waals surface area contributed by atoms with Gasteiger partial charge in [0.15, 0.2) is 0 Å². The van der Waals surface area contributed by atoms with Gasteiger partial charge in [0.25, 0.3) is 0 Å². The van der Waals surface area contributed by atoms with Crippen LogP contribution in [0.3, 0.4) is 0 Å². The Morgan fingerprint density at radius 3 is 2.62 bits per heavy atom. The van der Waals surface area contributed by atoms with Gasteiger partial charge in [-0.2, -0.15) is 0 Å². The van der Waals surface area contributed by atoms with Crippen LogP contribution in [-0.4, -0.2) is 46.2 Å². The maximum absolute atomic E-state index is 11.9. The molecule has 4 heteroatoms. The SMILES string of the molecule is CC(C)NC1(C(=O)O)CCCC(N2CCCC(C)C2C)C1. The summed E-state index contributed by atoms with van der Waals surface area (Å²) in [6, 6.07) is 1.20. The maximum Gasteiger partial charge on any atom is 0.323 e. The maximum atomic E-state index is 11.9. The quantitative estimate of drug-likeness (QED) is 0.837. The van der Waals surface area contributed by atoms with Gasteiger partial charge in [0.1, 0.15) is 5.54 Å². The molecule has 0 aromatic heterocycles. The van der Waals surface area contributed by atoms with Crippen LogP contribution in [0.5, 0.6) is 0 Å². The van der Waals surface area contributed by atoms with E-state index in [1.54, 1.807) is 0 Å². The zero-order valence-corrected chi connectivity index (χ0v) is 14.1. The highest BCUT2D eigenvalue weighted by Crippen LogP contribution is 2.36. The first-order valence-corrected chi connectivity index (χ1v) is 8.62. The van der Waals surface area contributed by atoms with Crippen LogP contribution in [-0.2, 0) is 4.79 Å². The lowest BCUT2D eigenvalue weighted by Crippen LogP contribution is -2.61. The second-order valence-corrected chi connectivity index (χ2v) is 7.53. The Morgan fingerprint density at radius 1 is 1.29 bits per heavy atom. The fraction of sp³-hybridized carbons (Fsp3) is 0.941. The van der Waals surface area contributed by atoms with Gasteiger partial charge < -0.3 is 5.11 Å². The third-order valence-corrected chi connectivity index (χ3v) is 5.59. The summed E-state index contributed by atoms with van der Waals surface area (Å²) in [5.41, 5.74) is -0.725. The second kappa shape index (κ2) is 6.66. The molecule has 1 heterocycles. The topological polar surface area (TPSA) is 52.6 Å². The van der Waals surface area contributed by atoms with Crippen molar-refractivity contribution >= 4 is 5.97 Å². The number of nitrogens with one attached hydrogen (secondary N) is 1. The number of carbonyl (C=O) groups is 1. The van der Waals surface area contributed by atoms with Crippen molar-refractivity contribution in [3.63, 3.8) is 0 Å². The molecule has 4 atom stereocenters. The highest BCUT2D eigenvalue weighted by molar-refractivity contribution is 5.79. The molecule has 122 valence electrons. The minimum atomic E-state index is -0.725. The van der Waals surface area contributed by atoms with Gasteiger partial charge in [0, 0.05) is 18.1 Å². The molecule has 0 aromatic rings. The molecule has 4 unspecified atom stereocenters. The van der Waals surface area contributed by atoms with Crippen molar-refractivity contribution in [1.29, 1.82) is 0 Å². The van der Waals surface area contributed by atoms with Gasteiger partial charge in [-0.05, 0) is 71.8 Å². The fourth-order valence-corrected chi connectivity index (χ4v) is 4.35. The number of carboxylic acid groups (broad SMARTS) is 1. The predicted octanol–water partition coefficient (Wildman–Crippen LogP) is 2.87. The Hall–Kier alpha value is -0.610. The summed E-state index contributed by atoms with van der Waals surface area (Å²) < 4.78 is 0. The van der Waals surface area contributed by atoms with Crippen molar-refractivity contribution in [3.05, 3.63) is 0 Å². The van der Waals surface area contributed by atoms with Gasteiger partial charge in [-0.25, -0.2) is 0 Å². The molecule has 1 aliphatic carbocycles. The number of hydrogen-bond donors (Lipinski definition) is 2. The van der Waals surface area contributed by atoms with Crippen LogP contribution in [0.15, 0.2) is 0 Å². The number of piperidine rings is 1. The first-order chi connectivity index (χ1) is 9.85. The molecular formula is C17H32N2O2. The molecule has 1 saturated heterocycles. The highest BCUT2D eigenvalue weighted by atomic mass is 16.4. The summed E-state index contributed by atoms with van der Waals surface area (Å²) in [4.78, 5) is 14.5. The standard InChI is InChI=1S/C17H32N2O2/c1-12(2)18-17(16(20)21)9-5-8-15(11-17)19-10-6-7-13(3)14(19)4/h12-15,18H,5-11H2,1-4H3,(H,20,21). The zero-order chi connectivity index (χ0) is 15.6. The van der Waals surface area contributed by atoms with E-state index in [-0.39, 0.29) is 6.04 Å². The molecule has 2 N–H and O–H groups in total. The average Bonchev–Trinajstić information content (AvgIpc) is 2.41. The molecule has 0 spiro atoms. The van der Waals surface area contributed by atoms with Gasteiger partial charge in [-0.3, -0.25) is 15.0 Å². The monoisotopic (exact) mass is 296 g/mol. The minimum absolute atomic E-state index is 0.206. The number of nitrogens with zero attached hydrogens (tertiary/aromatic N) is 1. The molecule has 4 nitrogen and oxygen atoms in total. The van der Waals surface area contributed by atoms with E-state index in [0.29, 0.717) is 12.1 Å². The van der Waals surface area contributed by atoms with Crippen LogP contribution in [0, 0.1) is 5.92 Å². The first-order valence-electron chi connectivity index (χ1n) is 8.62. The lowest BCUT2D eigenvalue weighted by atomic mass is 9.76. The number of rotatable bonds is 4. The molecule has 2 aliphatic rings. The molecule has 0 bridgehead atoms. The average molecular weight is 296 g/mol. The van der Waals surface area contributed by atoms with Crippen molar-refractivity contribution in [2.24, 2.45) is 5.92 Å². The summed E-state index contributed by atoms with van der Waals surface area (Å²) in [5.74, 6) is 0.0524. The van der Waals surface area contributed by atoms with Crippen molar-refractivity contribution < 1.29 is 9.90 Å². The van der Waals surface area contributed by atoms with Crippen molar-refractivity contribution in [2.45, 2.75) is 89.9 Å². The van der Waals surface area contributed by atoms with E-state index in [2.05, 4.69) is 24.1 Å². The Balaban J connectivity index is 2.13. The number of likely N-dealkylation sites (tertiary alicyclic amines) is 1. The summed E-state index contributed by atoms with van der Waals surface area (Å²) >= 11 is 0. The summed E-state index contributed by atoms with van der Waals surface area (Å²) in [7, 11) is 0. The third-order valence-electron chi connectivity index (χ3n) is 5.59. The normalized spacial score (nSPS) is 38.6. The van der Waals surface area contributed by atoms with E-state index >= 15 is 0 Å². The van der Waals surface area contributed by atoms with Gasteiger partial charge in [-0.15, -0.1) is 0 Å². The zero-order valence-electron chi connectivity index (χ0n) is 14.1. The van der Waals surface area contributed by atoms with Crippen LogP contribution in [0.4, 0.5) is 0 Å². The van der Waals surface area contributed by atoms with E-state index in [1.807, 2.05) is 13.8 Å². The van der Waals surface area contributed by atoms with Gasteiger partial charge in [0.2, 0.25) is 0 Å². The smallest absolute Gasteiger partial charge is 0.323 e. The molecule has 2 rings (SSSR count). The Labute approximate surface area is 129 Å². The molecule has 2 fully saturated rings. The highest BCUT2D eigenvalue weighted by Gasteiger charge is 2.45. The molecular weight excluding hydrogens is 264 g/mol. The summed E-state index contributed by atoms with van der Waals surface area (Å²) in [6.07, 6.45) is 6.21. The van der Waals surface area contributed by atoms with Crippen LogP contribution >= 0.6 is 0 Å². The van der Waals surface area contributed by atoms with Crippen LogP contribution in [0.25, 0.3) is 0 Å². The molecule has 21 heavy (non-hydrogen) atoms. The van der Waals surface area contributed by atoms with E-state index in [4.69, 9.17) is 0 Å². The van der Waals surface area contributed by atoms with E-state index in [9.17, 15) is 9.90 Å². The number of carboxylic acids is 1. The Kier molecular flexibility index (Phi) is 5.31. The van der Waals surface area contributed by atoms with Crippen molar-refractivity contribution in [1.82, 2.24) is 10.2 Å². The molecule has 1 saturated carbocycles. The second-order valence-electron chi connectivity index (χ2n) is 7.53. The largest absolute Gasteiger partial charge is 0.480 e. The van der Waals surface area contributed by atoms with Crippen LogP contribution < -0.4 is 5.32 Å². The molecule has 1 aliphatic heterocycles.